The number of carbonyl (C=O) groups is 1. The molecule has 0 unspecified atom stereocenters. The summed E-state index contributed by atoms with van der Waals surface area (Å²) in [5, 5.41) is 3.96. The first-order valence-corrected chi connectivity index (χ1v) is 8.66. The summed E-state index contributed by atoms with van der Waals surface area (Å²) in [6.45, 7) is 5.66. The number of ether oxygens (including phenoxy) is 1. The maximum Gasteiger partial charge on any atom is 0.268 e. The highest BCUT2D eigenvalue weighted by Crippen LogP contribution is 2.23. The number of nitrogens with zero attached hydrogens (tertiary/aromatic N) is 2. The number of rotatable bonds is 6. The molecule has 6 heteroatoms. The lowest BCUT2D eigenvalue weighted by Gasteiger charge is -2.26. The number of carbonyl (C=O) groups excluding carboxylic acids is 1. The van der Waals surface area contributed by atoms with Crippen LogP contribution in [-0.4, -0.2) is 17.2 Å². The summed E-state index contributed by atoms with van der Waals surface area (Å²) in [4.78, 5) is 14.8. The first kappa shape index (κ1) is 18.6. The van der Waals surface area contributed by atoms with Gasteiger partial charge in [-0.05, 0) is 57.2 Å². The van der Waals surface area contributed by atoms with Crippen LogP contribution in [0.15, 0.2) is 59.1 Å². The minimum atomic E-state index is -0.754. The molecule has 3 aromatic rings. The molecule has 2 aromatic carbocycles. The first-order valence-electron chi connectivity index (χ1n) is 8.66. The second-order valence-electron chi connectivity index (χ2n) is 6.28. The van der Waals surface area contributed by atoms with Gasteiger partial charge < -0.3 is 14.2 Å². The second kappa shape index (κ2) is 8.03. The highest BCUT2D eigenvalue weighted by atomic mass is 19.1. The standard InChI is InChI=1S/C21H21FN2O3/c1-14-20(15(2)27-23-14)13-24(18-7-5-4-6-8-18)21(25)16(3)26-19-11-9-17(22)10-12-19/h4-12,16H,13H2,1-3H3/t16-/m1/s1. The molecular weight excluding hydrogens is 347 g/mol. The summed E-state index contributed by atoms with van der Waals surface area (Å²) in [7, 11) is 0. The largest absolute Gasteiger partial charge is 0.481 e. The van der Waals surface area contributed by atoms with Crippen molar-refractivity contribution in [2.45, 2.75) is 33.4 Å². The summed E-state index contributed by atoms with van der Waals surface area (Å²) in [6, 6.07) is 14.9. The zero-order valence-corrected chi connectivity index (χ0v) is 15.5. The fraction of sp³-hybridized carbons (Fsp3) is 0.238. The third-order valence-corrected chi connectivity index (χ3v) is 4.31. The van der Waals surface area contributed by atoms with E-state index in [4.69, 9.17) is 9.26 Å². The van der Waals surface area contributed by atoms with Crippen LogP contribution in [0.3, 0.4) is 0 Å². The number of benzene rings is 2. The van der Waals surface area contributed by atoms with Crippen molar-refractivity contribution in [2.24, 2.45) is 0 Å². The molecule has 0 spiro atoms. The average Bonchev–Trinajstić information content (AvgIpc) is 2.99. The van der Waals surface area contributed by atoms with E-state index in [9.17, 15) is 9.18 Å². The Kier molecular flexibility index (Phi) is 5.54. The molecule has 27 heavy (non-hydrogen) atoms. The molecule has 0 aliphatic rings. The van der Waals surface area contributed by atoms with Gasteiger partial charge in [0, 0.05) is 11.3 Å². The van der Waals surface area contributed by atoms with Gasteiger partial charge in [-0.25, -0.2) is 4.39 Å². The van der Waals surface area contributed by atoms with Crippen molar-refractivity contribution in [2.75, 3.05) is 4.90 Å². The van der Waals surface area contributed by atoms with Crippen molar-refractivity contribution in [1.82, 2.24) is 5.16 Å². The minimum absolute atomic E-state index is 0.217. The van der Waals surface area contributed by atoms with Crippen LogP contribution in [0.5, 0.6) is 5.75 Å². The van der Waals surface area contributed by atoms with Crippen LogP contribution in [0.2, 0.25) is 0 Å². The summed E-state index contributed by atoms with van der Waals surface area (Å²) in [6.07, 6.45) is -0.754. The minimum Gasteiger partial charge on any atom is -0.481 e. The topological polar surface area (TPSA) is 55.6 Å². The fourth-order valence-electron chi connectivity index (χ4n) is 2.78. The van der Waals surface area contributed by atoms with Gasteiger partial charge in [-0.1, -0.05) is 23.4 Å². The zero-order valence-electron chi connectivity index (χ0n) is 15.5. The molecule has 3 rings (SSSR count). The van der Waals surface area contributed by atoms with Crippen molar-refractivity contribution < 1.29 is 18.4 Å². The summed E-state index contributed by atoms with van der Waals surface area (Å²) in [5.41, 5.74) is 2.35. The average molecular weight is 368 g/mol. The molecule has 1 heterocycles. The normalized spacial score (nSPS) is 11.9. The van der Waals surface area contributed by atoms with Gasteiger partial charge >= 0.3 is 0 Å². The van der Waals surface area contributed by atoms with Gasteiger partial charge in [-0.2, -0.15) is 0 Å². The van der Waals surface area contributed by atoms with Gasteiger partial charge in [0.05, 0.1) is 12.2 Å². The molecule has 0 N–H and O–H groups in total. The van der Waals surface area contributed by atoms with Crippen molar-refractivity contribution in [3.8, 4) is 5.75 Å². The number of halogens is 1. The number of aryl methyl sites for hydroxylation is 2. The molecule has 1 amide bonds. The van der Waals surface area contributed by atoms with Crippen molar-refractivity contribution in [3.05, 3.63) is 77.4 Å². The third-order valence-electron chi connectivity index (χ3n) is 4.31. The van der Waals surface area contributed by atoms with Gasteiger partial charge in [0.15, 0.2) is 6.10 Å². The molecule has 1 aromatic heterocycles. The Morgan fingerprint density at radius 1 is 1.15 bits per heavy atom. The number of hydrogen-bond donors (Lipinski definition) is 0. The number of aromatic nitrogens is 1. The first-order chi connectivity index (χ1) is 13.0. The van der Waals surface area contributed by atoms with Gasteiger partial charge in [0.2, 0.25) is 0 Å². The van der Waals surface area contributed by atoms with E-state index in [1.807, 2.05) is 44.2 Å². The molecule has 5 nitrogen and oxygen atoms in total. The maximum absolute atomic E-state index is 13.1. The number of para-hydroxylation sites is 1. The molecule has 0 saturated heterocycles. The van der Waals surface area contributed by atoms with E-state index >= 15 is 0 Å². The monoisotopic (exact) mass is 368 g/mol. The van der Waals surface area contributed by atoms with Crippen LogP contribution in [0.25, 0.3) is 0 Å². The Hall–Kier alpha value is -3.15. The molecule has 0 fully saturated rings. The molecule has 0 aliphatic heterocycles. The van der Waals surface area contributed by atoms with E-state index in [-0.39, 0.29) is 11.7 Å². The maximum atomic E-state index is 13.1. The van der Waals surface area contributed by atoms with Crippen LogP contribution in [-0.2, 0) is 11.3 Å². The zero-order chi connectivity index (χ0) is 19.4. The number of hydrogen-bond acceptors (Lipinski definition) is 4. The van der Waals surface area contributed by atoms with Crippen LogP contribution in [0.1, 0.15) is 23.9 Å². The molecule has 140 valence electrons. The molecule has 0 saturated carbocycles. The highest BCUT2D eigenvalue weighted by Gasteiger charge is 2.26. The summed E-state index contributed by atoms with van der Waals surface area (Å²) >= 11 is 0. The number of amides is 1. The quantitative estimate of drug-likeness (QED) is 0.646. The Morgan fingerprint density at radius 2 is 1.81 bits per heavy atom. The lowest BCUT2D eigenvalue weighted by Crippen LogP contribution is -2.40. The molecule has 1 atom stereocenters. The fourth-order valence-corrected chi connectivity index (χ4v) is 2.78. The Morgan fingerprint density at radius 3 is 2.41 bits per heavy atom. The Labute approximate surface area is 157 Å². The summed E-state index contributed by atoms with van der Waals surface area (Å²) in [5.74, 6) is 0.534. The van der Waals surface area contributed by atoms with E-state index < -0.39 is 6.10 Å². The smallest absolute Gasteiger partial charge is 0.268 e. The lowest BCUT2D eigenvalue weighted by atomic mass is 10.1. The van der Waals surface area contributed by atoms with Crippen molar-refractivity contribution in [3.63, 3.8) is 0 Å². The van der Waals surface area contributed by atoms with E-state index in [2.05, 4.69) is 5.16 Å². The highest BCUT2D eigenvalue weighted by molar-refractivity contribution is 5.96. The molecular formula is C21H21FN2O3. The SMILES string of the molecule is Cc1noc(C)c1CN(C(=O)[C@@H](C)Oc1ccc(F)cc1)c1ccccc1. The molecule has 0 radical (unpaired) electrons. The van der Waals surface area contributed by atoms with Gasteiger partial charge in [-0.15, -0.1) is 0 Å². The van der Waals surface area contributed by atoms with Crippen LogP contribution in [0, 0.1) is 19.7 Å². The predicted molar refractivity (Wildman–Crippen MR) is 100 cm³/mol. The van der Waals surface area contributed by atoms with Crippen LogP contribution >= 0.6 is 0 Å². The van der Waals surface area contributed by atoms with Gasteiger partial charge in [0.25, 0.3) is 5.91 Å². The van der Waals surface area contributed by atoms with E-state index in [1.165, 1.54) is 24.3 Å². The van der Waals surface area contributed by atoms with Crippen molar-refractivity contribution in [1.29, 1.82) is 0 Å². The predicted octanol–water partition coefficient (Wildman–Crippen LogP) is 4.43. The van der Waals surface area contributed by atoms with Crippen LogP contribution < -0.4 is 9.64 Å². The van der Waals surface area contributed by atoms with E-state index in [0.29, 0.717) is 18.1 Å². The Bertz CT molecular complexity index is 887. The van der Waals surface area contributed by atoms with Crippen LogP contribution in [0.4, 0.5) is 10.1 Å². The third kappa shape index (κ3) is 4.34. The second-order valence-corrected chi connectivity index (χ2v) is 6.28. The lowest BCUT2D eigenvalue weighted by molar-refractivity contribution is -0.124. The number of anilines is 1. The van der Waals surface area contributed by atoms with Gasteiger partial charge in [0.1, 0.15) is 17.3 Å². The van der Waals surface area contributed by atoms with Gasteiger partial charge in [-0.3, -0.25) is 4.79 Å². The van der Waals surface area contributed by atoms with E-state index in [0.717, 1.165) is 16.9 Å². The molecule has 0 bridgehead atoms. The molecule has 0 aliphatic carbocycles. The van der Waals surface area contributed by atoms with Crippen molar-refractivity contribution >= 4 is 11.6 Å². The Balaban J connectivity index is 1.85. The van der Waals surface area contributed by atoms with E-state index in [1.54, 1.807) is 11.8 Å². The summed E-state index contributed by atoms with van der Waals surface area (Å²) < 4.78 is 24.0.